The molecule has 2 aliphatic carbocycles. The number of benzene rings is 2. The maximum absolute atomic E-state index is 5.26. The summed E-state index contributed by atoms with van der Waals surface area (Å²) in [4.78, 5) is 5.73. The van der Waals surface area contributed by atoms with Gasteiger partial charge in [0.15, 0.2) is 8.24 Å². The Morgan fingerprint density at radius 3 is 1.79 bits per heavy atom. The maximum atomic E-state index is 5.26. The van der Waals surface area contributed by atoms with Crippen molar-refractivity contribution in [2.75, 3.05) is 11.5 Å². The topological polar surface area (TPSA) is 26.1 Å². The van der Waals surface area contributed by atoms with Crippen LogP contribution >= 0.6 is 72.0 Å². The van der Waals surface area contributed by atoms with Crippen molar-refractivity contribution >= 4 is 97.2 Å². The molecule has 10 heteroatoms. The molecule has 308 valence electrons. The zero-order valence-corrected chi connectivity index (χ0v) is 46.1. The summed E-state index contributed by atoms with van der Waals surface area (Å²) in [6.45, 7) is 33.8. The Bertz CT molecular complexity index is 1780. The minimum absolute atomic E-state index is 0. The van der Waals surface area contributed by atoms with E-state index in [1.54, 1.807) is 10.5 Å². The average molecular weight is 1060 g/mol. The number of thiophene rings is 1. The van der Waals surface area contributed by atoms with Crippen molar-refractivity contribution < 1.29 is 20.8 Å². The predicted molar refractivity (Wildman–Crippen MR) is 263 cm³/mol. The molecule has 2 nitrogen and oxygen atoms in total. The van der Waals surface area contributed by atoms with Crippen LogP contribution in [0.15, 0.2) is 61.7 Å². The molecule has 6 unspecified atom stereocenters. The number of nitrogens with one attached hydrogen (secondary N) is 1. The standard InChI is InChI=1S/C23H32BrNSSi.C22H31BrNS.CH3.2ClH.Zr/c1-13(2)19-11-17(24)12-20(14(3)4)21(19)25-27(7,8)23-16(6)15(5)18-9-10-26-22(18)23;1-12(2)18-9-16(23)10-19(13(3)4)21(18)24-11-20-15(6)14(5)17-7-8-25-22(17)20;;;;/h9-14,23,25H,1-8H3;7-10,12-15,17,20,22H,11H2,1-6H3;1H3;2*1H;/q;2*-1;;;+4/p-2. The van der Waals surface area contributed by atoms with E-state index >= 15 is 0 Å². The third kappa shape index (κ3) is 11.4. The Balaban J connectivity index is 0.000000277. The zero-order valence-electron chi connectivity index (χ0n) is 36.4. The van der Waals surface area contributed by atoms with E-state index in [1.165, 1.54) is 53.7 Å². The van der Waals surface area contributed by atoms with E-state index in [0.29, 0.717) is 35.1 Å². The van der Waals surface area contributed by atoms with Gasteiger partial charge in [0.2, 0.25) is 0 Å². The summed E-state index contributed by atoms with van der Waals surface area (Å²) < 4.78 is 2.37. The van der Waals surface area contributed by atoms with Gasteiger partial charge in [-0.25, -0.2) is 0 Å². The average Bonchev–Trinajstić information content (AvgIpc) is 3.87. The Morgan fingerprint density at radius 2 is 1.30 bits per heavy atom. The monoisotopic (exact) mass is 1060 g/mol. The van der Waals surface area contributed by atoms with Crippen LogP contribution in [0.5, 0.6) is 0 Å². The van der Waals surface area contributed by atoms with E-state index in [9.17, 15) is 0 Å². The van der Waals surface area contributed by atoms with Gasteiger partial charge < -0.3 is 17.7 Å². The van der Waals surface area contributed by atoms with Gasteiger partial charge in [-0.2, -0.15) is 0 Å². The van der Waals surface area contributed by atoms with E-state index < -0.39 is 29.1 Å². The summed E-state index contributed by atoms with van der Waals surface area (Å²) in [5.41, 5.74) is 13.3. The molecule has 1 aliphatic heterocycles. The van der Waals surface area contributed by atoms with Crippen molar-refractivity contribution in [3.8, 4) is 0 Å². The van der Waals surface area contributed by atoms with Crippen molar-refractivity contribution in [3.63, 3.8) is 0 Å². The van der Waals surface area contributed by atoms with Crippen LogP contribution in [-0.2, 0) is 20.8 Å². The molecule has 0 radical (unpaired) electrons. The van der Waals surface area contributed by atoms with E-state index in [2.05, 4.69) is 180 Å². The molecule has 2 aromatic carbocycles. The van der Waals surface area contributed by atoms with Crippen LogP contribution in [-0.4, -0.2) is 20.0 Å². The molecule has 6 atom stereocenters. The molecule has 0 spiro atoms. The van der Waals surface area contributed by atoms with E-state index in [1.807, 2.05) is 23.1 Å². The van der Waals surface area contributed by atoms with E-state index in [-0.39, 0.29) is 7.43 Å². The molecule has 2 heterocycles. The van der Waals surface area contributed by atoms with Crippen LogP contribution in [0.2, 0.25) is 13.1 Å². The number of allylic oxidation sites excluding steroid dienone is 3. The van der Waals surface area contributed by atoms with Crippen molar-refractivity contribution in [2.45, 2.75) is 131 Å². The van der Waals surface area contributed by atoms with Gasteiger partial charge in [0, 0.05) is 30.3 Å². The minimum atomic E-state index is -1.82. The number of hydrogen-bond acceptors (Lipinski definition) is 3. The van der Waals surface area contributed by atoms with Gasteiger partial charge in [0.25, 0.3) is 0 Å². The molecular weight excluding hydrogens is 995 g/mol. The van der Waals surface area contributed by atoms with Crippen molar-refractivity contribution in [2.24, 2.45) is 23.7 Å². The first kappa shape index (κ1) is 50.6. The fourth-order valence-electron chi connectivity index (χ4n) is 8.95. The van der Waals surface area contributed by atoms with Gasteiger partial charge in [-0.1, -0.05) is 137 Å². The summed E-state index contributed by atoms with van der Waals surface area (Å²) in [5.74, 6) is 4.92. The first-order chi connectivity index (χ1) is 25.8. The molecule has 1 N–H and O–H groups in total. The molecule has 0 amide bonds. The zero-order chi connectivity index (χ0) is 41.1. The molecular formula is C46H66Br2Cl2N2S2SiZr. The fraction of sp³-hybridized carbons (Fsp3) is 0.543. The van der Waals surface area contributed by atoms with Gasteiger partial charge >= 0.3 is 37.9 Å². The van der Waals surface area contributed by atoms with Crippen LogP contribution in [0.25, 0.3) is 10.9 Å². The predicted octanol–water partition coefficient (Wildman–Crippen LogP) is 18.2. The van der Waals surface area contributed by atoms with Crippen LogP contribution in [0.1, 0.15) is 145 Å². The molecule has 1 fully saturated rings. The number of hydrogen-bond donors (Lipinski definition) is 1. The summed E-state index contributed by atoms with van der Waals surface area (Å²) >= 11 is 10.6. The van der Waals surface area contributed by atoms with Crippen LogP contribution in [0, 0.1) is 31.1 Å². The second-order valence-corrected chi connectivity index (χ2v) is 29.5. The number of anilines is 1. The van der Waals surface area contributed by atoms with Crippen molar-refractivity contribution in [3.05, 3.63) is 107 Å². The van der Waals surface area contributed by atoms with Crippen LogP contribution < -0.4 is 4.98 Å². The van der Waals surface area contributed by atoms with Crippen LogP contribution in [0.4, 0.5) is 11.4 Å². The number of fused-ring (bicyclic) bond motifs is 2. The first-order valence-electron chi connectivity index (χ1n) is 19.9. The summed E-state index contributed by atoms with van der Waals surface area (Å²) in [7, 11) is 8.05. The van der Waals surface area contributed by atoms with Crippen LogP contribution in [0.3, 0.4) is 0 Å². The normalized spacial score (nSPS) is 22.4. The Morgan fingerprint density at radius 1 is 0.821 bits per heavy atom. The molecule has 3 aromatic rings. The number of rotatable bonds is 10. The molecule has 0 bridgehead atoms. The second kappa shape index (κ2) is 21.8. The van der Waals surface area contributed by atoms with Gasteiger partial charge in [0.05, 0.1) is 0 Å². The van der Waals surface area contributed by atoms with E-state index in [4.69, 9.17) is 22.3 Å². The first-order valence-corrected chi connectivity index (χ1v) is 32.7. The van der Waals surface area contributed by atoms with Gasteiger partial charge in [0.1, 0.15) is 0 Å². The Hall–Kier alpha value is 0.210. The molecule has 1 saturated carbocycles. The quantitative estimate of drug-likeness (QED) is 0.162. The van der Waals surface area contributed by atoms with Crippen molar-refractivity contribution in [1.82, 2.24) is 0 Å². The molecule has 56 heavy (non-hydrogen) atoms. The Kier molecular flexibility index (Phi) is 19.7. The fourth-order valence-corrected chi connectivity index (χ4v) is 16.7. The SMILES string of the molecule is CC(C)c1cc(Br)cc(C(C)C)c1[N-]CC1C(C)C(C)C2C=CSC21.CC1=C(C)C([Si](C)(C)Nc2c(C(C)C)cc(Br)cc2C(C)C)c2sccc21.[CH3-].[Cl][Zr+2][Cl]. The number of halogens is 4. The third-order valence-electron chi connectivity index (χ3n) is 12.3. The van der Waals surface area contributed by atoms with Gasteiger partial charge in [-0.05, 0) is 125 Å². The van der Waals surface area contributed by atoms with Crippen molar-refractivity contribution in [1.29, 1.82) is 0 Å². The van der Waals surface area contributed by atoms with Gasteiger partial charge in [-0.15, -0.1) is 35.3 Å². The molecule has 0 saturated heterocycles. The number of thioether (sulfide) groups is 1. The number of nitrogens with zero attached hydrogens (tertiary/aromatic N) is 1. The summed E-state index contributed by atoms with van der Waals surface area (Å²) in [5, 5.41) is 10.6. The molecule has 3 aliphatic rings. The Labute approximate surface area is 387 Å². The summed E-state index contributed by atoms with van der Waals surface area (Å²) in [6.07, 6.45) is 2.44. The third-order valence-corrected chi connectivity index (χ3v) is 18.7. The molecule has 6 rings (SSSR count). The second-order valence-electron chi connectivity index (χ2n) is 17.6. The molecule has 1 aromatic heterocycles. The van der Waals surface area contributed by atoms with Gasteiger partial charge in [-0.3, -0.25) is 0 Å². The van der Waals surface area contributed by atoms with E-state index in [0.717, 1.165) is 29.5 Å². The summed E-state index contributed by atoms with van der Waals surface area (Å²) in [6, 6.07) is 11.5.